The van der Waals surface area contributed by atoms with Gasteiger partial charge in [0.15, 0.2) is 11.6 Å². The van der Waals surface area contributed by atoms with Gasteiger partial charge in [-0.1, -0.05) is 41.6 Å². The number of anilines is 1. The van der Waals surface area contributed by atoms with Crippen LogP contribution in [-0.2, 0) is 13.0 Å². The average molecular weight is 401 g/mol. The highest BCUT2D eigenvalue weighted by Crippen LogP contribution is 2.32. The second kappa shape index (κ2) is 7.43. The maximum Gasteiger partial charge on any atom is 0.255 e. The number of aryl methyl sites for hydroxylation is 1. The summed E-state index contributed by atoms with van der Waals surface area (Å²) >= 11 is 0. The fourth-order valence-electron chi connectivity index (χ4n) is 3.51. The molecule has 0 saturated carbocycles. The number of amides is 1. The number of fused-ring (bicyclic) bond motifs is 2. The van der Waals surface area contributed by atoms with Crippen LogP contribution in [0.1, 0.15) is 28.0 Å². The number of hydrogen-bond acceptors (Lipinski definition) is 7. The minimum absolute atomic E-state index is 0.308. The van der Waals surface area contributed by atoms with Crippen molar-refractivity contribution in [1.82, 2.24) is 25.0 Å². The first kappa shape index (κ1) is 18.0. The third kappa shape index (κ3) is 3.20. The molecule has 0 fully saturated rings. The molecule has 0 spiro atoms. The number of ether oxygens (including phenoxy) is 1. The summed E-state index contributed by atoms with van der Waals surface area (Å²) in [4.78, 5) is 21.0. The number of hydrogen-bond donors (Lipinski definition) is 2. The van der Waals surface area contributed by atoms with Crippen molar-refractivity contribution in [3.8, 4) is 11.7 Å². The van der Waals surface area contributed by atoms with Crippen LogP contribution in [0.5, 0.6) is 5.75 Å². The molecule has 0 unspecified atom stereocenters. The standard InChI is InChI=1S/C21H19N7O2/c22-19(29)14-8-4-10-16-17(14)26-27-28(16)21-24-15-9-5-11-30-18(15)20(25-21)23-12-13-6-2-1-3-7-13/h1-4,6-8,10H,5,9,11-12H2,(H2,22,29)(H,23,24,25). The van der Waals surface area contributed by atoms with Crippen LogP contribution in [0.3, 0.4) is 0 Å². The quantitative estimate of drug-likeness (QED) is 0.526. The van der Waals surface area contributed by atoms with Gasteiger partial charge < -0.3 is 15.8 Å². The Morgan fingerprint density at radius 3 is 2.83 bits per heavy atom. The van der Waals surface area contributed by atoms with Crippen molar-refractivity contribution in [3.05, 3.63) is 65.4 Å². The van der Waals surface area contributed by atoms with E-state index in [-0.39, 0.29) is 0 Å². The monoisotopic (exact) mass is 401 g/mol. The molecule has 3 heterocycles. The normalized spacial score (nSPS) is 12.9. The van der Waals surface area contributed by atoms with Gasteiger partial charge in [-0.15, -0.1) is 5.10 Å². The molecule has 0 saturated heterocycles. The number of carbonyl (C=O) groups is 1. The predicted molar refractivity (Wildman–Crippen MR) is 111 cm³/mol. The molecule has 9 nitrogen and oxygen atoms in total. The van der Waals surface area contributed by atoms with Crippen LogP contribution in [0.2, 0.25) is 0 Å². The molecule has 9 heteroatoms. The smallest absolute Gasteiger partial charge is 0.255 e. The molecule has 4 aromatic rings. The van der Waals surface area contributed by atoms with Gasteiger partial charge in [0.25, 0.3) is 11.9 Å². The summed E-state index contributed by atoms with van der Waals surface area (Å²) in [5.41, 5.74) is 8.74. The van der Waals surface area contributed by atoms with E-state index in [1.807, 2.05) is 30.3 Å². The van der Waals surface area contributed by atoms with E-state index in [4.69, 9.17) is 10.5 Å². The van der Waals surface area contributed by atoms with Gasteiger partial charge in [-0.25, -0.2) is 4.98 Å². The van der Waals surface area contributed by atoms with Crippen LogP contribution in [0.15, 0.2) is 48.5 Å². The van der Waals surface area contributed by atoms with Crippen molar-refractivity contribution in [2.75, 3.05) is 11.9 Å². The summed E-state index contributed by atoms with van der Waals surface area (Å²) in [6.07, 6.45) is 1.66. The van der Waals surface area contributed by atoms with E-state index in [0.717, 1.165) is 24.1 Å². The predicted octanol–water partition coefficient (Wildman–Crippen LogP) is 2.25. The first-order valence-electron chi connectivity index (χ1n) is 9.67. The molecule has 1 amide bonds. The number of nitrogens with two attached hydrogens (primary N) is 1. The maximum absolute atomic E-state index is 11.7. The molecule has 30 heavy (non-hydrogen) atoms. The van der Waals surface area contributed by atoms with Gasteiger partial charge in [-0.2, -0.15) is 9.67 Å². The highest BCUT2D eigenvalue weighted by atomic mass is 16.5. The lowest BCUT2D eigenvalue weighted by Crippen LogP contribution is -2.17. The van der Waals surface area contributed by atoms with Gasteiger partial charge in [0.1, 0.15) is 5.52 Å². The SMILES string of the molecule is NC(=O)c1cccc2c1nnn2-c1nc2c(c(NCc3ccccc3)n1)OCCC2. The fourth-order valence-corrected chi connectivity index (χ4v) is 3.51. The Morgan fingerprint density at radius 2 is 2.00 bits per heavy atom. The molecular formula is C21H19N7O2. The third-order valence-electron chi connectivity index (χ3n) is 4.96. The molecule has 0 aliphatic carbocycles. The van der Waals surface area contributed by atoms with Crippen LogP contribution < -0.4 is 15.8 Å². The Balaban J connectivity index is 1.58. The molecule has 0 atom stereocenters. The molecule has 150 valence electrons. The van der Waals surface area contributed by atoms with Crippen LogP contribution in [0.25, 0.3) is 17.0 Å². The minimum atomic E-state index is -0.558. The Hall–Kier alpha value is -4.01. The van der Waals surface area contributed by atoms with Crippen molar-refractivity contribution in [1.29, 1.82) is 0 Å². The lowest BCUT2D eigenvalue weighted by atomic mass is 10.1. The Kier molecular flexibility index (Phi) is 4.47. The number of rotatable bonds is 5. The lowest BCUT2D eigenvalue weighted by Gasteiger charge is -2.20. The number of carbonyl (C=O) groups excluding carboxylic acids is 1. The Labute approximate surface area is 171 Å². The van der Waals surface area contributed by atoms with Gasteiger partial charge in [0, 0.05) is 6.54 Å². The van der Waals surface area contributed by atoms with Crippen LogP contribution in [0, 0.1) is 0 Å². The number of nitrogens with one attached hydrogen (secondary N) is 1. The van der Waals surface area contributed by atoms with Gasteiger partial charge in [0.05, 0.1) is 23.4 Å². The zero-order valence-corrected chi connectivity index (χ0v) is 16.1. The summed E-state index contributed by atoms with van der Waals surface area (Å²) in [6.45, 7) is 1.22. The van der Waals surface area contributed by atoms with E-state index in [9.17, 15) is 4.79 Å². The van der Waals surface area contributed by atoms with Gasteiger partial charge in [-0.3, -0.25) is 4.79 Å². The Bertz CT molecular complexity index is 1240. The summed E-state index contributed by atoms with van der Waals surface area (Å²) in [7, 11) is 0. The minimum Gasteiger partial charge on any atom is -0.488 e. The molecule has 5 rings (SSSR count). The molecule has 1 aliphatic heterocycles. The summed E-state index contributed by atoms with van der Waals surface area (Å²) in [6, 6.07) is 15.2. The first-order valence-corrected chi connectivity index (χ1v) is 9.67. The Morgan fingerprint density at radius 1 is 1.13 bits per heavy atom. The van der Waals surface area contributed by atoms with Gasteiger partial charge in [0.2, 0.25) is 0 Å². The number of primary amides is 1. The lowest BCUT2D eigenvalue weighted by molar-refractivity contribution is 0.100. The van der Waals surface area contributed by atoms with Crippen LogP contribution in [0.4, 0.5) is 5.82 Å². The number of aromatic nitrogens is 5. The highest BCUT2D eigenvalue weighted by molar-refractivity contribution is 6.04. The fraction of sp³-hybridized carbons (Fsp3) is 0.190. The first-order chi connectivity index (χ1) is 14.7. The molecule has 2 aromatic heterocycles. The molecular weight excluding hydrogens is 382 g/mol. The van der Waals surface area contributed by atoms with Crippen molar-refractivity contribution in [3.63, 3.8) is 0 Å². The second-order valence-corrected chi connectivity index (χ2v) is 6.98. The van der Waals surface area contributed by atoms with Crippen molar-refractivity contribution in [2.45, 2.75) is 19.4 Å². The molecule has 0 radical (unpaired) electrons. The van der Waals surface area contributed by atoms with Crippen LogP contribution >= 0.6 is 0 Å². The van der Waals surface area contributed by atoms with E-state index >= 15 is 0 Å². The largest absolute Gasteiger partial charge is 0.488 e. The van der Waals surface area contributed by atoms with Gasteiger partial charge in [-0.05, 0) is 30.5 Å². The topological polar surface area (TPSA) is 121 Å². The van der Waals surface area contributed by atoms with Crippen molar-refractivity contribution in [2.24, 2.45) is 5.73 Å². The van der Waals surface area contributed by atoms with Crippen molar-refractivity contribution >= 4 is 22.8 Å². The molecule has 2 aromatic carbocycles. The summed E-state index contributed by atoms with van der Waals surface area (Å²) in [5.74, 6) is 1.08. The highest BCUT2D eigenvalue weighted by Gasteiger charge is 2.22. The van der Waals surface area contributed by atoms with E-state index in [1.54, 1.807) is 18.2 Å². The molecule has 1 aliphatic rings. The average Bonchev–Trinajstić information content (AvgIpc) is 3.22. The van der Waals surface area contributed by atoms with Gasteiger partial charge >= 0.3 is 0 Å². The van der Waals surface area contributed by atoms with E-state index < -0.39 is 5.91 Å². The zero-order chi connectivity index (χ0) is 20.5. The van der Waals surface area contributed by atoms with Crippen molar-refractivity contribution < 1.29 is 9.53 Å². The van der Waals surface area contributed by atoms with Crippen LogP contribution in [-0.4, -0.2) is 37.5 Å². The van der Waals surface area contributed by atoms with E-state index in [1.165, 1.54) is 4.68 Å². The number of benzene rings is 2. The van der Waals surface area contributed by atoms with E-state index in [2.05, 4.69) is 25.6 Å². The zero-order valence-electron chi connectivity index (χ0n) is 16.1. The van der Waals surface area contributed by atoms with E-state index in [0.29, 0.717) is 47.3 Å². The maximum atomic E-state index is 11.7. The number of nitrogens with zero attached hydrogens (tertiary/aromatic N) is 5. The molecule has 0 bridgehead atoms. The summed E-state index contributed by atoms with van der Waals surface area (Å²) < 4.78 is 7.38. The second-order valence-electron chi connectivity index (χ2n) is 6.98. The third-order valence-corrected chi connectivity index (χ3v) is 4.96. The molecule has 3 N–H and O–H groups in total. The summed E-state index contributed by atoms with van der Waals surface area (Å²) in [5, 5.41) is 11.7.